The molecule has 1 N–H and O–H groups in total. The lowest BCUT2D eigenvalue weighted by Gasteiger charge is -2.26. The van der Waals surface area contributed by atoms with Crippen molar-refractivity contribution >= 4 is 102 Å². The van der Waals surface area contributed by atoms with Crippen LogP contribution in [-0.4, -0.2) is 17.8 Å². The van der Waals surface area contributed by atoms with Crippen molar-refractivity contribution in [2.45, 2.75) is 13.5 Å². The number of hydrogen-bond donors (Lipinski definition) is 1. The van der Waals surface area contributed by atoms with Gasteiger partial charge in [0.2, 0.25) is 0 Å². The van der Waals surface area contributed by atoms with Crippen molar-refractivity contribution in [3.05, 3.63) is 93.5 Å². The molecule has 10 heteroatoms. The number of benzene rings is 3. The molecule has 0 unspecified atom stereocenters. The zero-order valence-electron chi connectivity index (χ0n) is 18.1. The van der Waals surface area contributed by atoms with E-state index in [0.29, 0.717) is 28.6 Å². The number of aryl methyl sites for hydroxylation is 1. The van der Waals surface area contributed by atoms with Gasteiger partial charge < -0.3 is 4.74 Å². The van der Waals surface area contributed by atoms with Gasteiger partial charge in [-0.1, -0.05) is 45.7 Å². The summed E-state index contributed by atoms with van der Waals surface area (Å²) in [5, 5.41) is 2.88. The van der Waals surface area contributed by atoms with Gasteiger partial charge >= 0.3 is 6.03 Å². The van der Waals surface area contributed by atoms with Crippen molar-refractivity contribution in [2.24, 2.45) is 0 Å². The van der Waals surface area contributed by atoms with Gasteiger partial charge in [-0.3, -0.25) is 14.9 Å². The summed E-state index contributed by atoms with van der Waals surface area (Å²) in [7, 11) is 0. The third kappa shape index (κ3) is 5.73. The van der Waals surface area contributed by atoms with Gasteiger partial charge in [-0.15, -0.1) is 0 Å². The molecule has 4 rings (SSSR count). The predicted octanol–water partition coefficient (Wildman–Crippen LogP) is 6.87. The Morgan fingerprint density at radius 2 is 1.74 bits per heavy atom. The molecule has 35 heavy (non-hydrogen) atoms. The standard InChI is InChI=1S/C25H16BrClI2N2O4/c1-13-8-16(6-7-18(13)26)31-24(33)17(23(32)30-25(31)34)9-14-10-20(28)22(21(29)11-14)35-12-15-4-2-3-5-19(15)27/h2-11H,12H2,1H3,(H,30,32,34)/b17-9+. The molecule has 0 aromatic heterocycles. The van der Waals surface area contributed by atoms with Gasteiger partial charge in [-0.25, -0.2) is 9.69 Å². The van der Waals surface area contributed by atoms with Crippen molar-refractivity contribution in [2.75, 3.05) is 4.90 Å². The monoisotopic (exact) mass is 776 g/mol. The topological polar surface area (TPSA) is 75.7 Å². The number of hydrogen-bond acceptors (Lipinski definition) is 4. The number of nitrogens with one attached hydrogen (secondary N) is 1. The van der Waals surface area contributed by atoms with E-state index in [1.165, 1.54) is 6.08 Å². The van der Waals surface area contributed by atoms with Crippen LogP contribution in [0.4, 0.5) is 10.5 Å². The fourth-order valence-corrected chi connectivity index (χ4v) is 5.96. The number of rotatable bonds is 5. The van der Waals surface area contributed by atoms with E-state index in [4.69, 9.17) is 16.3 Å². The van der Waals surface area contributed by atoms with Crippen molar-refractivity contribution in [3.8, 4) is 5.75 Å². The summed E-state index contributed by atoms with van der Waals surface area (Å²) in [6.45, 7) is 2.15. The van der Waals surface area contributed by atoms with Crippen molar-refractivity contribution in [1.82, 2.24) is 5.32 Å². The molecular weight excluding hydrogens is 761 g/mol. The molecule has 3 aromatic carbocycles. The number of urea groups is 1. The maximum Gasteiger partial charge on any atom is 0.335 e. The van der Waals surface area contributed by atoms with E-state index >= 15 is 0 Å². The van der Waals surface area contributed by atoms with Crippen LogP contribution in [0.1, 0.15) is 16.7 Å². The minimum absolute atomic E-state index is 0.137. The normalized spacial score (nSPS) is 14.9. The number of anilines is 1. The third-order valence-electron chi connectivity index (χ3n) is 5.16. The quantitative estimate of drug-likeness (QED) is 0.175. The molecule has 0 aliphatic carbocycles. The first kappa shape index (κ1) is 26.1. The van der Waals surface area contributed by atoms with Crippen LogP contribution < -0.4 is 15.0 Å². The Morgan fingerprint density at radius 1 is 1.06 bits per heavy atom. The van der Waals surface area contributed by atoms with Crippen LogP contribution in [-0.2, 0) is 16.2 Å². The van der Waals surface area contributed by atoms with Gasteiger partial charge in [0.15, 0.2) is 0 Å². The molecule has 1 saturated heterocycles. The SMILES string of the molecule is Cc1cc(N2C(=O)NC(=O)/C(=C\c3cc(I)c(OCc4ccccc4Cl)c(I)c3)C2=O)ccc1Br. The molecule has 178 valence electrons. The van der Waals surface area contributed by atoms with Crippen LogP contribution in [0.5, 0.6) is 5.75 Å². The fourth-order valence-electron chi connectivity index (χ4n) is 3.39. The third-order valence-corrected chi connectivity index (χ3v) is 8.02. The van der Waals surface area contributed by atoms with Crippen LogP contribution >= 0.6 is 72.7 Å². The Hall–Kier alpha value is -1.96. The second-order valence-electron chi connectivity index (χ2n) is 7.59. The van der Waals surface area contributed by atoms with Gasteiger partial charge in [0.05, 0.1) is 12.8 Å². The van der Waals surface area contributed by atoms with E-state index < -0.39 is 17.8 Å². The molecule has 0 radical (unpaired) electrons. The molecule has 3 aromatic rings. The molecule has 1 aliphatic heterocycles. The molecule has 1 heterocycles. The summed E-state index contributed by atoms with van der Waals surface area (Å²) in [4.78, 5) is 39.2. The number of nitrogens with zero attached hydrogens (tertiary/aromatic N) is 1. The maximum atomic E-state index is 13.2. The summed E-state index contributed by atoms with van der Waals surface area (Å²) in [5.41, 5.74) is 2.58. The molecule has 6 nitrogen and oxygen atoms in total. The van der Waals surface area contributed by atoms with E-state index in [-0.39, 0.29) is 5.57 Å². The Bertz CT molecular complexity index is 1390. The van der Waals surface area contributed by atoms with Crippen LogP contribution in [0.2, 0.25) is 5.02 Å². The Kier molecular flexibility index (Phi) is 8.19. The number of halogens is 4. The number of imide groups is 2. The lowest BCUT2D eigenvalue weighted by atomic mass is 10.1. The molecule has 1 fully saturated rings. The highest BCUT2D eigenvalue weighted by molar-refractivity contribution is 14.1. The van der Waals surface area contributed by atoms with Gasteiger partial charge in [-0.05, 0) is 106 Å². The molecule has 0 spiro atoms. The zero-order valence-corrected chi connectivity index (χ0v) is 24.7. The molecule has 0 saturated carbocycles. The summed E-state index contributed by atoms with van der Waals surface area (Å²) in [5.74, 6) is -0.756. The number of barbiturate groups is 1. The minimum Gasteiger partial charge on any atom is -0.487 e. The van der Waals surface area contributed by atoms with Gasteiger partial charge in [0.25, 0.3) is 11.8 Å². The molecule has 0 bridgehead atoms. The lowest BCUT2D eigenvalue weighted by Crippen LogP contribution is -2.54. The van der Waals surface area contributed by atoms with Gasteiger partial charge in [0.1, 0.15) is 17.9 Å². The van der Waals surface area contributed by atoms with Crippen LogP contribution in [0, 0.1) is 14.1 Å². The van der Waals surface area contributed by atoms with E-state index in [0.717, 1.165) is 27.6 Å². The Balaban J connectivity index is 1.62. The summed E-state index contributed by atoms with van der Waals surface area (Å²) in [6, 6.07) is 15.4. The smallest absolute Gasteiger partial charge is 0.335 e. The Labute approximate surface area is 242 Å². The van der Waals surface area contributed by atoms with Crippen molar-refractivity contribution < 1.29 is 19.1 Å². The van der Waals surface area contributed by atoms with E-state index in [1.807, 2.05) is 37.3 Å². The molecule has 4 amide bonds. The largest absolute Gasteiger partial charge is 0.487 e. The highest BCUT2D eigenvalue weighted by atomic mass is 127. The van der Waals surface area contributed by atoms with Crippen molar-refractivity contribution in [3.63, 3.8) is 0 Å². The second kappa shape index (κ2) is 11.0. The van der Waals surface area contributed by atoms with E-state index in [2.05, 4.69) is 66.4 Å². The first-order chi connectivity index (χ1) is 16.7. The average molecular weight is 778 g/mol. The highest BCUT2D eigenvalue weighted by Crippen LogP contribution is 2.32. The number of amides is 4. The predicted molar refractivity (Wildman–Crippen MR) is 156 cm³/mol. The van der Waals surface area contributed by atoms with E-state index in [9.17, 15) is 14.4 Å². The second-order valence-corrected chi connectivity index (χ2v) is 11.2. The van der Waals surface area contributed by atoms with Crippen LogP contribution in [0.25, 0.3) is 6.08 Å². The summed E-state index contributed by atoms with van der Waals surface area (Å²) < 4.78 is 8.45. The summed E-state index contributed by atoms with van der Waals surface area (Å²) >= 11 is 13.9. The maximum absolute atomic E-state index is 13.2. The van der Waals surface area contributed by atoms with Gasteiger partial charge in [0, 0.05) is 15.1 Å². The summed E-state index contributed by atoms with van der Waals surface area (Å²) in [6.07, 6.45) is 1.48. The van der Waals surface area contributed by atoms with Crippen LogP contribution in [0.15, 0.2) is 64.6 Å². The number of carbonyl (C=O) groups is 3. The average Bonchev–Trinajstić information content (AvgIpc) is 2.79. The molecule has 0 atom stereocenters. The first-order valence-corrected chi connectivity index (χ1v) is 13.5. The lowest BCUT2D eigenvalue weighted by molar-refractivity contribution is -0.122. The minimum atomic E-state index is -0.786. The first-order valence-electron chi connectivity index (χ1n) is 10.2. The fraction of sp³-hybridized carbons (Fsp3) is 0.0800. The van der Waals surface area contributed by atoms with Crippen LogP contribution in [0.3, 0.4) is 0 Å². The Morgan fingerprint density at radius 3 is 2.40 bits per heavy atom. The molecular formula is C25H16BrClI2N2O4. The van der Waals surface area contributed by atoms with E-state index in [1.54, 1.807) is 24.3 Å². The number of carbonyl (C=O) groups excluding carboxylic acids is 3. The van der Waals surface area contributed by atoms with Crippen molar-refractivity contribution in [1.29, 1.82) is 0 Å². The number of ether oxygens (including phenoxy) is 1. The molecule has 1 aliphatic rings. The highest BCUT2D eigenvalue weighted by Gasteiger charge is 2.37. The zero-order chi connectivity index (χ0) is 25.3. The van der Waals surface area contributed by atoms with Gasteiger partial charge in [-0.2, -0.15) is 0 Å².